The summed E-state index contributed by atoms with van der Waals surface area (Å²) in [5, 5.41) is 3.49. The zero-order valence-corrected chi connectivity index (χ0v) is 15.0. The first kappa shape index (κ1) is 18.8. The average Bonchev–Trinajstić information content (AvgIpc) is 2.62. The second-order valence-electron chi connectivity index (χ2n) is 5.64. The van der Waals surface area contributed by atoms with Crippen molar-refractivity contribution in [3.8, 4) is 0 Å². The first-order valence-corrected chi connectivity index (χ1v) is 8.25. The van der Waals surface area contributed by atoms with Gasteiger partial charge in [0, 0.05) is 17.8 Å². The molecule has 0 saturated carbocycles. The second kappa shape index (κ2) is 9.08. The van der Waals surface area contributed by atoms with Gasteiger partial charge in [0.05, 0.1) is 26.1 Å². The Labute approximate surface area is 152 Å². The fraction of sp³-hybridized carbons (Fsp3) is 0.263. The van der Waals surface area contributed by atoms with Gasteiger partial charge in [-0.15, -0.1) is 0 Å². The smallest absolute Gasteiger partial charge is 0.307 e. The van der Waals surface area contributed by atoms with Crippen LogP contribution in [0.15, 0.2) is 54.6 Å². The highest BCUT2D eigenvalue weighted by atomic mass is 35.5. The maximum Gasteiger partial charge on any atom is 0.307 e. The molecule has 0 aliphatic carbocycles. The fourth-order valence-corrected chi connectivity index (χ4v) is 2.55. The van der Waals surface area contributed by atoms with E-state index in [2.05, 4.69) is 5.32 Å². The summed E-state index contributed by atoms with van der Waals surface area (Å²) in [5.74, 6) is -0.577. The molecule has 2 aromatic carbocycles. The van der Waals surface area contributed by atoms with Crippen LogP contribution in [0.4, 0.5) is 5.69 Å². The predicted octanol–water partition coefficient (Wildman–Crippen LogP) is 3.20. The van der Waals surface area contributed by atoms with E-state index in [0.29, 0.717) is 5.02 Å². The molecule has 2 rings (SSSR count). The van der Waals surface area contributed by atoms with Gasteiger partial charge in [-0.3, -0.25) is 9.59 Å². The highest BCUT2D eigenvalue weighted by molar-refractivity contribution is 6.30. The summed E-state index contributed by atoms with van der Waals surface area (Å²) in [6.07, 6.45) is 0.0545. The van der Waals surface area contributed by atoms with Gasteiger partial charge in [-0.1, -0.05) is 41.9 Å². The van der Waals surface area contributed by atoms with Crippen molar-refractivity contribution in [3.63, 3.8) is 0 Å². The summed E-state index contributed by atoms with van der Waals surface area (Å²) in [5.41, 5.74) is 1.74. The van der Waals surface area contributed by atoms with E-state index in [-0.39, 0.29) is 18.9 Å². The van der Waals surface area contributed by atoms with Crippen LogP contribution in [0.5, 0.6) is 0 Å². The van der Waals surface area contributed by atoms with E-state index in [9.17, 15) is 9.59 Å². The molecule has 0 radical (unpaired) electrons. The van der Waals surface area contributed by atoms with Crippen LogP contribution < -0.4 is 10.2 Å². The molecule has 1 amide bonds. The molecule has 0 fully saturated rings. The number of nitrogens with zero attached hydrogens (tertiary/aromatic N) is 1. The van der Waals surface area contributed by atoms with Crippen molar-refractivity contribution >= 4 is 29.2 Å². The van der Waals surface area contributed by atoms with Crippen molar-refractivity contribution in [2.45, 2.75) is 12.5 Å². The molecule has 6 heteroatoms. The second-order valence-corrected chi connectivity index (χ2v) is 6.08. The zero-order valence-electron chi connectivity index (χ0n) is 14.2. The molecule has 0 bridgehead atoms. The minimum atomic E-state index is -0.471. The number of nitrogens with one attached hydrogen (secondary N) is 1. The minimum absolute atomic E-state index is 0.0545. The molecule has 0 spiro atoms. The molecular weight excluding hydrogens is 340 g/mol. The van der Waals surface area contributed by atoms with E-state index >= 15 is 0 Å². The topological polar surface area (TPSA) is 58.6 Å². The summed E-state index contributed by atoms with van der Waals surface area (Å²) in [6.45, 7) is 0.176. The van der Waals surface area contributed by atoms with Gasteiger partial charge in [0.2, 0.25) is 5.91 Å². The molecule has 1 atom stereocenters. The Kier molecular flexibility index (Phi) is 6.83. The molecule has 1 unspecified atom stereocenters. The SMILES string of the molecule is COC(=O)CC(NC(=O)CN(C)c1ccccc1)c1ccc(Cl)cc1. The van der Waals surface area contributed by atoms with Gasteiger partial charge in [0.25, 0.3) is 0 Å². The van der Waals surface area contributed by atoms with Crippen LogP contribution in [0, 0.1) is 0 Å². The number of hydrogen-bond acceptors (Lipinski definition) is 4. The van der Waals surface area contributed by atoms with Crippen molar-refractivity contribution in [2.75, 3.05) is 25.6 Å². The summed E-state index contributed by atoms with van der Waals surface area (Å²) in [4.78, 5) is 25.9. The third kappa shape index (κ3) is 5.80. The summed E-state index contributed by atoms with van der Waals surface area (Å²) >= 11 is 5.91. The van der Waals surface area contributed by atoms with Gasteiger partial charge < -0.3 is 15.0 Å². The lowest BCUT2D eigenvalue weighted by atomic mass is 10.0. The predicted molar refractivity (Wildman–Crippen MR) is 98.7 cm³/mol. The normalized spacial score (nSPS) is 11.5. The summed E-state index contributed by atoms with van der Waals surface area (Å²) in [6, 6.07) is 16.2. The van der Waals surface area contributed by atoms with E-state index in [4.69, 9.17) is 16.3 Å². The van der Waals surface area contributed by atoms with Gasteiger partial charge in [-0.05, 0) is 29.8 Å². The van der Waals surface area contributed by atoms with Gasteiger partial charge in [0.1, 0.15) is 0 Å². The number of carbonyl (C=O) groups is 2. The molecule has 2 aromatic rings. The van der Waals surface area contributed by atoms with E-state index in [1.54, 1.807) is 24.3 Å². The lowest BCUT2D eigenvalue weighted by Crippen LogP contribution is -2.38. The van der Waals surface area contributed by atoms with Crippen LogP contribution in [0.2, 0.25) is 5.02 Å². The van der Waals surface area contributed by atoms with Crippen LogP contribution in [0.25, 0.3) is 0 Å². The first-order chi connectivity index (χ1) is 12.0. The van der Waals surface area contributed by atoms with Gasteiger partial charge in [-0.25, -0.2) is 0 Å². The molecule has 0 heterocycles. The van der Waals surface area contributed by atoms with Gasteiger partial charge in [-0.2, -0.15) is 0 Å². The number of halogens is 1. The molecule has 132 valence electrons. The van der Waals surface area contributed by atoms with E-state index < -0.39 is 12.0 Å². The largest absolute Gasteiger partial charge is 0.469 e. The minimum Gasteiger partial charge on any atom is -0.469 e. The third-order valence-electron chi connectivity index (χ3n) is 3.78. The number of anilines is 1. The maximum absolute atomic E-state index is 12.4. The third-order valence-corrected chi connectivity index (χ3v) is 4.04. The molecule has 0 aromatic heterocycles. The number of benzene rings is 2. The number of esters is 1. The van der Waals surface area contributed by atoms with Crippen molar-refractivity contribution in [1.82, 2.24) is 5.32 Å². The van der Waals surface area contributed by atoms with Crippen LogP contribution >= 0.6 is 11.6 Å². The highest BCUT2D eigenvalue weighted by Crippen LogP contribution is 2.20. The average molecular weight is 361 g/mol. The van der Waals surface area contributed by atoms with Crippen LogP contribution in [-0.2, 0) is 14.3 Å². The van der Waals surface area contributed by atoms with Crippen LogP contribution in [-0.4, -0.2) is 32.6 Å². The molecular formula is C19H21ClN2O3. The van der Waals surface area contributed by atoms with Crippen molar-refractivity contribution < 1.29 is 14.3 Å². The number of hydrogen-bond donors (Lipinski definition) is 1. The molecule has 5 nitrogen and oxygen atoms in total. The van der Waals surface area contributed by atoms with E-state index in [1.165, 1.54) is 7.11 Å². The Balaban J connectivity index is 2.06. The Morgan fingerprint density at radius 3 is 2.36 bits per heavy atom. The molecule has 0 aliphatic heterocycles. The van der Waals surface area contributed by atoms with Crippen LogP contribution in [0.3, 0.4) is 0 Å². The van der Waals surface area contributed by atoms with Crippen molar-refractivity contribution in [1.29, 1.82) is 0 Å². The Bertz CT molecular complexity index is 704. The number of carbonyl (C=O) groups excluding carboxylic acids is 2. The molecule has 25 heavy (non-hydrogen) atoms. The standard InChI is InChI=1S/C19H21ClN2O3/c1-22(16-6-4-3-5-7-16)13-18(23)21-17(12-19(24)25-2)14-8-10-15(20)11-9-14/h3-11,17H,12-13H2,1-2H3,(H,21,23). The Hall–Kier alpha value is -2.53. The number of para-hydroxylation sites is 1. The summed E-state index contributed by atoms with van der Waals surface area (Å²) < 4.78 is 4.73. The first-order valence-electron chi connectivity index (χ1n) is 7.87. The highest BCUT2D eigenvalue weighted by Gasteiger charge is 2.19. The Morgan fingerprint density at radius 1 is 1.12 bits per heavy atom. The number of ether oxygens (including phenoxy) is 1. The lowest BCUT2D eigenvalue weighted by molar-refractivity contribution is -0.141. The number of amides is 1. The van der Waals surface area contributed by atoms with Gasteiger partial charge in [0.15, 0.2) is 0 Å². The lowest BCUT2D eigenvalue weighted by Gasteiger charge is -2.22. The van der Waals surface area contributed by atoms with Crippen LogP contribution in [0.1, 0.15) is 18.0 Å². The Morgan fingerprint density at radius 2 is 1.76 bits per heavy atom. The number of rotatable bonds is 7. The molecule has 0 saturated heterocycles. The number of likely N-dealkylation sites (N-methyl/N-ethyl adjacent to an activating group) is 1. The fourth-order valence-electron chi connectivity index (χ4n) is 2.43. The monoisotopic (exact) mass is 360 g/mol. The van der Waals surface area contributed by atoms with Gasteiger partial charge >= 0.3 is 5.97 Å². The molecule has 0 aliphatic rings. The maximum atomic E-state index is 12.4. The zero-order chi connectivity index (χ0) is 18.2. The van der Waals surface area contributed by atoms with Crippen molar-refractivity contribution in [3.05, 3.63) is 65.2 Å². The van der Waals surface area contributed by atoms with Crippen molar-refractivity contribution in [2.24, 2.45) is 0 Å². The summed E-state index contributed by atoms with van der Waals surface area (Å²) in [7, 11) is 3.17. The van der Waals surface area contributed by atoms with E-state index in [1.807, 2.05) is 42.3 Å². The number of methoxy groups -OCH3 is 1. The quantitative estimate of drug-likeness (QED) is 0.770. The molecule has 1 N–H and O–H groups in total. The van der Waals surface area contributed by atoms with E-state index in [0.717, 1.165) is 11.3 Å².